The van der Waals surface area contributed by atoms with Crippen LogP contribution < -0.4 is 4.74 Å². The van der Waals surface area contributed by atoms with Gasteiger partial charge in [-0.1, -0.05) is 24.8 Å². The zero-order chi connectivity index (χ0) is 9.68. The molecule has 0 atom stereocenters. The lowest BCUT2D eigenvalue weighted by atomic mass is 10.2. The molecule has 0 radical (unpaired) electrons. The standard InChI is InChI=1S/C11H11IO/c1-3-4-6-9-7-5-8-10(13-2)11(9)12/h5,7-8H,3H2,1-2H3. The third-order valence-corrected chi connectivity index (χ3v) is 2.70. The van der Waals surface area contributed by atoms with Crippen LogP contribution in [0.25, 0.3) is 0 Å². The minimum Gasteiger partial charge on any atom is -0.496 e. The lowest BCUT2D eigenvalue weighted by Crippen LogP contribution is -1.89. The second-order valence-electron chi connectivity index (χ2n) is 2.48. The van der Waals surface area contributed by atoms with Gasteiger partial charge < -0.3 is 4.74 Å². The van der Waals surface area contributed by atoms with E-state index in [2.05, 4.69) is 34.4 Å². The van der Waals surface area contributed by atoms with Gasteiger partial charge in [0.2, 0.25) is 0 Å². The number of rotatable bonds is 1. The average Bonchev–Trinajstić information content (AvgIpc) is 2.16. The summed E-state index contributed by atoms with van der Waals surface area (Å²) >= 11 is 2.25. The number of hydrogen-bond acceptors (Lipinski definition) is 1. The predicted octanol–water partition coefficient (Wildman–Crippen LogP) is 3.06. The smallest absolute Gasteiger partial charge is 0.133 e. The van der Waals surface area contributed by atoms with E-state index in [9.17, 15) is 0 Å². The summed E-state index contributed by atoms with van der Waals surface area (Å²) in [6.45, 7) is 2.04. The zero-order valence-electron chi connectivity index (χ0n) is 7.73. The SMILES string of the molecule is CCC#Cc1cccc(OC)c1I. The van der Waals surface area contributed by atoms with Gasteiger partial charge >= 0.3 is 0 Å². The number of hydrogen-bond donors (Lipinski definition) is 0. The van der Waals surface area contributed by atoms with Crippen LogP contribution in [-0.4, -0.2) is 7.11 Å². The Morgan fingerprint density at radius 1 is 1.46 bits per heavy atom. The van der Waals surface area contributed by atoms with Gasteiger partial charge in [-0.25, -0.2) is 0 Å². The van der Waals surface area contributed by atoms with Gasteiger partial charge in [0, 0.05) is 12.0 Å². The number of benzene rings is 1. The molecule has 0 heterocycles. The van der Waals surface area contributed by atoms with Crippen molar-refractivity contribution in [2.24, 2.45) is 0 Å². The molecule has 0 bridgehead atoms. The van der Waals surface area contributed by atoms with Crippen molar-refractivity contribution < 1.29 is 4.74 Å². The van der Waals surface area contributed by atoms with E-state index in [1.165, 1.54) is 0 Å². The maximum Gasteiger partial charge on any atom is 0.133 e. The zero-order valence-corrected chi connectivity index (χ0v) is 9.88. The van der Waals surface area contributed by atoms with E-state index in [1.807, 2.05) is 25.1 Å². The van der Waals surface area contributed by atoms with Gasteiger partial charge in [-0.05, 0) is 34.7 Å². The lowest BCUT2D eigenvalue weighted by Gasteiger charge is -2.03. The van der Waals surface area contributed by atoms with Crippen LogP contribution in [0.5, 0.6) is 5.75 Å². The minimum atomic E-state index is 0.882. The average molecular weight is 286 g/mol. The Balaban J connectivity index is 3.08. The molecule has 0 aliphatic rings. The van der Waals surface area contributed by atoms with Crippen LogP contribution in [0.15, 0.2) is 18.2 Å². The van der Waals surface area contributed by atoms with Crippen LogP contribution in [0.1, 0.15) is 18.9 Å². The van der Waals surface area contributed by atoms with E-state index >= 15 is 0 Å². The van der Waals surface area contributed by atoms with Gasteiger partial charge in [-0.15, -0.1) is 0 Å². The van der Waals surface area contributed by atoms with Crippen molar-refractivity contribution >= 4 is 22.6 Å². The number of halogens is 1. The first-order valence-corrected chi connectivity index (χ1v) is 5.18. The lowest BCUT2D eigenvalue weighted by molar-refractivity contribution is 0.411. The largest absolute Gasteiger partial charge is 0.496 e. The molecular weight excluding hydrogens is 275 g/mol. The number of methoxy groups -OCH3 is 1. The molecule has 1 aromatic carbocycles. The van der Waals surface area contributed by atoms with Crippen molar-refractivity contribution in [3.8, 4) is 17.6 Å². The van der Waals surface area contributed by atoms with Crippen LogP contribution in [0, 0.1) is 15.4 Å². The van der Waals surface area contributed by atoms with Crippen LogP contribution in [0.3, 0.4) is 0 Å². The molecule has 0 aliphatic carbocycles. The highest BCUT2D eigenvalue weighted by Crippen LogP contribution is 2.23. The summed E-state index contributed by atoms with van der Waals surface area (Å²) in [6, 6.07) is 5.91. The maximum absolute atomic E-state index is 5.19. The number of ether oxygens (including phenoxy) is 1. The van der Waals surface area contributed by atoms with E-state index in [1.54, 1.807) is 7.11 Å². The van der Waals surface area contributed by atoms with Gasteiger partial charge in [0.05, 0.1) is 10.7 Å². The molecule has 68 valence electrons. The monoisotopic (exact) mass is 286 g/mol. The highest BCUT2D eigenvalue weighted by molar-refractivity contribution is 14.1. The molecule has 0 saturated carbocycles. The van der Waals surface area contributed by atoms with Crippen LogP contribution in [0.2, 0.25) is 0 Å². The summed E-state index contributed by atoms with van der Waals surface area (Å²) in [5, 5.41) is 0. The molecule has 0 aromatic heterocycles. The summed E-state index contributed by atoms with van der Waals surface area (Å²) in [4.78, 5) is 0. The van der Waals surface area contributed by atoms with E-state index in [0.29, 0.717) is 0 Å². The fraction of sp³-hybridized carbons (Fsp3) is 0.273. The minimum absolute atomic E-state index is 0.882. The van der Waals surface area contributed by atoms with Crippen molar-refractivity contribution in [3.63, 3.8) is 0 Å². The van der Waals surface area contributed by atoms with Crippen LogP contribution >= 0.6 is 22.6 Å². The summed E-state index contributed by atoms with van der Waals surface area (Å²) in [7, 11) is 1.68. The van der Waals surface area contributed by atoms with E-state index < -0.39 is 0 Å². The fourth-order valence-corrected chi connectivity index (χ4v) is 1.66. The van der Waals surface area contributed by atoms with Gasteiger partial charge in [0.25, 0.3) is 0 Å². The Morgan fingerprint density at radius 3 is 2.85 bits per heavy atom. The first kappa shape index (κ1) is 10.4. The molecule has 1 aromatic rings. The molecule has 0 spiro atoms. The summed E-state index contributed by atoms with van der Waals surface area (Å²) < 4.78 is 6.28. The van der Waals surface area contributed by atoms with Gasteiger partial charge in [0.1, 0.15) is 5.75 Å². The maximum atomic E-state index is 5.19. The van der Waals surface area contributed by atoms with Gasteiger partial charge in [0.15, 0.2) is 0 Å². The normalized spacial score (nSPS) is 8.85. The molecule has 0 amide bonds. The second kappa shape index (κ2) is 5.13. The molecule has 0 unspecified atom stereocenters. The quantitative estimate of drug-likeness (QED) is 0.569. The molecule has 0 fully saturated rings. The molecule has 0 aliphatic heterocycles. The van der Waals surface area contributed by atoms with Crippen molar-refractivity contribution in [2.75, 3.05) is 7.11 Å². The van der Waals surface area contributed by atoms with Gasteiger partial charge in [-0.3, -0.25) is 0 Å². The molecule has 13 heavy (non-hydrogen) atoms. The molecular formula is C11H11IO. The Hall–Kier alpha value is -0.690. The van der Waals surface area contributed by atoms with E-state index in [0.717, 1.165) is 21.3 Å². The van der Waals surface area contributed by atoms with Crippen LogP contribution in [0.4, 0.5) is 0 Å². The fourth-order valence-electron chi connectivity index (χ4n) is 0.949. The Labute approximate surface area is 92.6 Å². The van der Waals surface area contributed by atoms with Crippen molar-refractivity contribution in [2.45, 2.75) is 13.3 Å². The molecule has 1 nitrogen and oxygen atoms in total. The first-order valence-electron chi connectivity index (χ1n) is 4.11. The topological polar surface area (TPSA) is 9.23 Å². The highest BCUT2D eigenvalue weighted by Gasteiger charge is 2.01. The van der Waals surface area contributed by atoms with E-state index in [4.69, 9.17) is 4.74 Å². The van der Waals surface area contributed by atoms with Crippen LogP contribution in [-0.2, 0) is 0 Å². The molecule has 1 rings (SSSR count). The summed E-state index contributed by atoms with van der Waals surface area (Å²) in [6.07, 6.45) is 0.882. The predicted molar refractivity (Wildman–Crippen MR) is 62.9 cm³/mol. The summed E-state index contributed by atoms with van der Waals surface area (Å²) in [5.41, 5.74) is 1.04. The molecule has 0 N–H and O–H groups in total. The van der Waals surface area contributed by atoms with Crippen molar-refractivity contribution in [1.29, 1.82) is 0 Å². The second-order valence-corrected chi connectivity index (χ2v) is 3.56. The third-order valence-electron chi connectivity index (χ3n) is 1.58. The Kier molecular flexibility index (Phi) is 4.10. The molecule has 0 saturated heterocycles. The molecule has 2 heteroatoms. The highest BCUT2D eigenvalue weighted by atomic mass is 127. The Morgan fingerprint density at radius 2 is 2.23 bits per heavy atom. The van der Waals surface area contributed by atoms with Gasteiger partial charge in [-0.2, -0.15) is 0 Å². The first-order chi connectivity index (χ1) is 6.29. The summed E-state index contributed by atoms with van der Waals surface area (Å²) in [5.74, 6) is 7.04. The van der Waals surface area contributed by atoms with E-state index in [-0.39, 0.29) is 0 Å². The van der Waals surface area contributed by atoms with Crippen molar-refractivity contribution in [1.82, 2.24) is 0 Å². The third kappa shape index (κ3) is 2.63. The Bertz CT molecular complexity index is 347. The van der Waals surface area contributed by atoms with Crippen molar-refractivity contribution in [3.05, 3.63) is 27.3 Å².